The Morgan fingerprint density at radius 2 is 1.75 bits per heavy atom. The zero-order valence-electron chi connectivity index (χ0n) is 11.6. The molecule has 0 aliphatic rings. The minimum Gasteiger partial charge on any atom is -0.497 e. The van der Waals surface area contributed by atoms with E-state index in [0.29, 0.717) is 5.75 Å². The highest BCUT2D eigenvalue weighted by Crippen LogP contribution is 2.22. The lowest BCUT2D eigenvalue weighted by Gasteiger charge is -2.16. The van der Waals surface area contributed by atoms with Gasteiger partial charge in [-0.3, -0.25) is 4.79 Å². The van der Waals surface area contributed by atoms with E-state index in [1.807, 2.05) is 54.6 Å². The summed E-state index contributed by atoms with van der Waals surface area (Å²) in [6, 6.07) is 17.4. The summed E-state index contributed by atoms with van der Waals surface area (Å²) in [4.78, 5) is 14.9. The highest BCUT2D eigenvalue weighted by atomic mass is 32.2. The molecule has 0 atom stereocenters. The lowest BCUT2D eigenvalue weighted by atomic mass is 10.3. The largest absolute Gasteiger partial charge is 0.497 e. The van der Waals surface area contributed by atoms with Gasteiger partial charge in [-0.1, -0.05) is 18.2 Å². The van der Waals surface area contributed by atoms with Gasteiger partial charge in [-0.05, 0) is 36.4 Å². The molecule has 2 rings (SSSR count). The maximum atomic E-state index is 12.1. The maximum absolute atomic E-state index is 12.1. The number of amides is 1. The van der Waals surface area contributed by atoms with Crippen molar-refractivity contribution in [1.29, 1.82) is 0 Å². The van der Waals surface area contributed by atoms with E-state index in [4.69, 9.17) is 4.74 Å². The van der Waals surface area contributed by atoms with E-state index >= 15 is 0 Å². The van der Waals surface area contributed by atoms with Crippen LogP contribution in [0.25, 0.3) is 0 Å². The third-order valence-electron chi connectivity index (χ3n) is 2.94. The van der Waals surface area contributed by atoms with Gasteiger partial charge in [0.15, 0.2) is 0 Å². The van der Waals surface area contributed by atoms with Crippen molar-refractivity contribution in [2.75, 3.05) is 24.8 Å². The number of carbonyl (C=O) groups excluding carboxylic acids is 1. The summed E-state index contributed by atoms with van der Waals surface area (Å²) in [5, 5.41) is 0. The second-order valence-electron chi connectivity index (χ2n) is 4.25. The Morgan fingerprint density at radius 1 is 1.10 bits per heavy atom. The summed E-state index contributed by atoms with van der Waals surface area (Å²) in [6.45, 7) is 0. The summed E-state index contributed by atoms with van der Waals surface area (Å²) < 4.78 is 5.11. The molecule has 0 aliphatic carbocycles. The number of rotatable bonds is 5. The van der Waals surface area contributed by atoms with Crippen LogP contribution in [0, 0.1) is 0 Å². The molecule has 0 fully saturated rings. The molecule has 0 unspecified atom stereocenters. The highest BCUT2D eigenvalue weighted by molar-refractivity contribution is 8.00. The van der Waals surface area contributed by atoms with Crippen molar-refractivity contribution in [3.63, 3.8) is 0 Å². The van der Waals surface area contributed by atoms with Gasteiger partial charge >= 0.3 is 0 Å². The number of benzene rings is 2. The summed E-state index contributed by atoms with van der Waals surface area (Å²) in [7, 11) is 3.44. The first-order chi connectivity index (χ1) is 9.70. The molecule has 0 bridgehead atoms. The Balaban J connectivity index is 1.91. The van der Waals surface area contributed by atoms with E-state index in [9.17, 15) is 4.79 Å². The van der Waals surface area contributed by atoms with Crippen LogP contribution in [0.3, 0.4) is 0 Å². The molecule has 0 aromatic heterocycles. The van der Waals surface area contributed by atoms with E-state index in [1.165, 1.54) is 11.8 Å². The van der Waals surface area contributed by atoms with E-state index < -0.39 is 0 Å². The lowest BCUT2D eigenvalue weighted by molar-refractivity contribution is -0.115. The molecule has 0 heterocycles. The smallest absolute Gasteiger partial charge is 0.237 e. The van der Waals surface area contributed by atoms with Crippen LogP contribution in [-0.4, -0.2) is 25.8 Å². The van der Waals surface area contributed by atoms with Crippen LogP contribution in [0.15, 0.2) is 59.5 Å². The molecule has 0 N–H and O–H groups in total. The van der Waals surface area contributed by atoms with Gasteiger partial charge in [0.05, 0.1) is 12.9 Å². The monoisotopic (exact) mass is 287 g/mol. The molecule has 2 aromatic rings. The third kappa shape index (κ3) is 3.78. The molecule has 0 spiro atoms. The van der Waals surface area contributed by atoms with Crippen LogP contribution in [0.2, 0.25) is 0 Å². The van der Waals surface area contributed by atoms with Gasteiger partial charge in [0.25, 0.3) is 0 Å². The molecular weight excluding hydrogens is 270 g/mol. The van der Waals surface area contributed by atoms with Crippen molar-refractivity contribution >= 4 is 23.4 Å². The van der Waals surface area contributed by atoms with Crippen LogP contribution < -0.4 is 9.64 Å². The number of hydrogen-bond donors (Lipinski definition) is 0. The first-order valence-electron chi connectivity index (χ1n) is 6.29. The molecule has 2 aromatic carbocycles. The SMILES string of the molecule is COc1ccc(SCC(=O)N(C)c2ccccc2)cc1. The Labute approximate surface area is 123 Å². The van der Waals surface area contributed by atoms with Gasteiger partial charge in [0.2, 0.25) is 5.91 Å². The zero-order valence-corrected chi connectivity index (χ0v) is 12.4. The quantitative estimate of drug-likeness (QED) is 0.789. The van der Waals surface area contributed by atoms with Crippen LogP contribution in [-0.2, 0) is 4.79 Å². The Morgan fingerprint density at radius 3 is 2.35 bits per heavy atom. The zero-order chi connectivity index (χ0) is 14.4. The van der Waals surface area contributed by atoms with Crippen molar-refractivity contribution in [3.8, 4) is 5.75 Å². The first-order valence-corrected chi connectivity index (χ1v) is 7.27. The topological polar surface area (TPSA) is 29.5 Å². The molecule has 1 amide bonds. The summed E-state index contributed by atoms with van der Waals surface area (Å²) in [5.41, 5.74) is 0.910. The third-order valence-corrected chi connectivity index (χ3v) is 3.94. The molecule has 0 saturated carbocycles. The Hall–Kier alpha value is -1.94. The van der Waals surface area contributed by atoms with Crippen molar-refractivity contribution < 1.29 is 9.53 Å². The number of hydrogen-bond acceptors (Lipinski definition) is 3. The van der Waals surface area contributed by atoms with Crippen LogP contribution in [0.4, 0.5) is 5.69 Å². The van der Waals surface area contributed by atoms with Gasteiger partial charge < -0.3 is 9.64 Å². The van der Waals surface area contributed by atoms with E-state index in [-0.39, 0.29) is 5.91 Å². The van der Waals surface area contributed by atoms with Crippen molar-refractivity contribution in [3.05, 3.63) is 54.6 Å². The Kier molecular flexibility index (Phi) is 5.07. The van der Waals surface area contributed by atoms with Gasteiger partial charge in [-0.25, -0.2) is 0 Å². The van der Waals surface area contributed by atoms with Gasteiger partial charge in [-0.2, -0.15) is 0 Å². The lowest BCUT2D eigenvalue weighted by Crippen LogP contribution is -2.27. The average Bonchev–Trinajstić information content (AvgIpc) is 2.53. The fourth-order valence-electron chi connectivity index (χ4n) is 1.71. The van der Waals surface area contributed by atoms with E-state index in [2.05, 4.69) is 0 Å². The van der Waals surface area contributed by atoms with Crippen LogP contribution >= 0.6 is 11.8 Å². The molecule has 20 heavy (non-hydrogen) atoms. The number of ether oxygens (including phenoxy) is 1. The number of thioether (sulfide) groups is 1. The molecule has 0 saturated heterocycles. The number of methoxy groups -OCH3 is 1. The molecular formula is C16H17NO2S. The number of carbonyl (C=O) groups is 1. The normalized spacial score (nSPS) is 10.1. The van der Waals surface area contributed by atoms with Crippen LogP contribution in [0.1, 0.15) is 0 Å². The number of para-hydroxylation sites is 1. The molecule has 0 radical (unpaired) electrons. The van der Waals surface area contributed by atoms with Crippen molar-refractivity contribution in [2.45, 2.75) is 4.90 Å². The van der Waals surface area contributed by atoms with Crippen molar-refractivity contribution in [1.82, 2.24) is 0 Å². The van der Waals surface area contributed by atoms with Gasteiger partial charge in [0.1, 0.15) is 5.75 Å². The fraction of sp³-hybridized carbons (Fsp3) is 0.188. The summed E-state index contributed by atoms with van der Waals surface area (Å²) in [6.07, 6.45) is 0. The summed E-state index contributed by atoms with van der Waals surface area (Å²) in [5.74, 6) is 1.32. The maximum Gasteiger partial charge on any atom is 0.237 e. The minimum absolute atomic E-state index is 0.0806. The van der Waals surface area contributed by atoms with Crippen molar-refractivity contribution in [2.24, 2.45) is 0 Å². The standard InChI is InChI=1S/C16H17NO2S/c1-17(13-6-4-3-5-7-13)16(18)12-20-15-10-8-14(19-2)9-11-15/h3-11H,12H2,1-2H3. The van der Waals surface area contributed by atoms with Gasteiger partial charge in [-0.15, -0.1) is 11.8 Å². The Bertz CT molecular complexity index is 554. The second-order valence-corrected chi connectivity index (χ2v) is 5.30. The van der Waals surface area contributed by atoms with Crippen LogP contribution in [0.5, 0.6) is 5.75 Å². The predicted molar refractivity (Wildman–Crippen MR) is 83.6 cm³/mol. The minimum atomic E-state index is 0.0806. The van der Waals surface area contributed by atoms with E-state index in [0.717, 1.165) is 16.3 Å². The molecule has 0 aliphatic heterocycles. The molecule has 4 heteroatoms. The highest BCUT2D eigenvalue weighted by Gasteiger charge is 2.10. The molecule has 104 valence electrons. The predicted octanol–water partition coefficient (Wildman–Crippen LogP) is 3.45. The number of anilines is 1. The first kappa shape index (κ1) is 14.5. The summed E-state index contributed by atoms with van der Waals surface area (Å²) >= 11 is 1.52. The average molecular weight is 287 g/mol. The number of nitrogens with zero attached hydrogens (tertiary/aromatic N) is 1. The fourth-order valence-corrected chi connectivity index (χ4v) is 2.52. The second kappa shape index (κ2) is 7.01. The van der Waals surface area contributed by atoms with Gasteiger partial charge in [0, 0.05) is 17.6 Å². The molecule has 3 nitrogen and oxygen atoms in total. The van der Waals surface area contributed by atoms with E-state index in [1.54, 1.807) is 19.1 Å².